The molecule has 0 saturated carbocycles. The number of aliphatic hydroxyl groups is 1. The van der Waals surface area contributed by atoms with Crippen LogP contribution in [0.2, 0.25) is 10.0 Å². The van der Waals surface area contributed by atoms with Crippen LogP contribution in [0.1, 0.15) is 30.0 Å². The SMILES string of the molecule is COc1c(Cl)cc(/C(O)=C2\C(=O)C(=O)N(c3ccc(N4CCCC4)cc3)C2c2cccc(O)c2)cc1Cl. The van der Waals surface area contributed by atoms with Gasteiger partial charge in [0.2, 0.25) is 0 Å². The van der Waals surface area contributed by atoms with E-state index in [1.165, 1.54) is 36.3 Å². The zero-order valence-corrected chi connectivity index (χ0v) is 21.5. The molecule has 9 heteroatoms. The van der Waals surface area contributed by atoms with Crippen molar-refractivity contribution in [3.63, 3.8) is 0 Å². The lowest BCUT2D eigenvalue weighted by Gasteiger charge is -2.26. The van der Waals surface area contributed by atoms with E-state index < -0.39 is 23.5 Å². The molecule has 2 saturated heterocycles. The molecule has 7 nitrogen and oxygen atoms in total. The number of ether oxygens (including phenoxy) is 1. The molecule has 0 aliphatic carbocycles. The number of hydrogen-bond donors (Lipinski definition) is 2. The van der Waals surface area contributed by atoms with Crippen LogP contribution in [0.4, 0.5) is 11.4 Å². The van der Waals surface area contributed by atoms with Crippen LogP contribution in [0.3, 0.4) is 0 Å². The molecule has 2 aliphatic rings. The molecule has 1 amide bonds. The number of anilines is 2. The third kappa shape index (κ3) is 4.49. The fourth-order valence-corrected chi connectivity index (χ4v) is 5.60. The molecule has 1 atom stereocenters. The van der Waals surface area contributed by atoms with E-state index in [2.05, 4.69) is 4.90 Å². The Labute approximate surface area is 224 Å². The van der Waals surface area contributed by atoms with Crippen molar-refractivity contribution >= 4 is 52.0 Å². The minimum absolute atomic E-state index is 0.0389. The van der Waals surface area contributed by atoms with Crippen molar-refractivity contribution in [2.45, 2.75) is 18.9 Å². The van der Waals surface area contributed by atoms with Crippen LogP contribution in [0.15, 0.2) is 66.2 Å². The van der Waals surface area contributed by atoms with Gasteiger partial charge in [0.1, 0.15) is 11.5 Å². The number of benzene rings is 3. The van der Waals surface area contributed by atoms with Gasteiger partial charge in [-0.3, -0.25) is 14.5 Å². The molecule has 3 aromatic carbocycles. The number of methoxy groups -OCH3 is 1. The number of carbonyl (C=O) groups excluding carboxylic acids is 2. The molecular weight excluding hydrogens is 515 g/mol. The van der Waals surface area contributed by atoms with E-state index in [4.69, 9.17) is 27.9 Å². The van der Waals surface area contributed by atoms with Crippen molar-refractivity contribution in [3.05, 3.63) is 87.4 Å². The number of ketones is 1. The number of halogens is 2. The molecule has 37 heavy (non-hydrogen) atoms. The molecule has 0 bridgehead atoms. The number of aromatic hydroxyl groups is 1. The van der Waals surface area contributed by atoms with E-state index >= 15 is 0 Å². The van der Waals surface area contributed by atoms with E-state index in [-0.39, 0.29) is 32.7 Å². The summed E-state index contributed by atoms with van der Waals surface area (Å²) in [5.74, 6) is -1.91. The number of amides is 1. The highest BCUT2D eigenvalue weighted by Gasteiger charge is 2.47. The predicted molar refractivity (Wildman–Crippen MR) is 144 cm³/mol. The summed E-state index contributed by atoms with van der Waals surface area (Å²) >= 11 is 12.6. The fourth-order valence-electron chi connectivity index (χ4n) is 4.96. The molecule has 3 aromatic rings. The summed E-state index contributed by atoms with van der Waals surface area (Å²) in [6.07, 6.45) is 2.26. The smallest absolute Gasteiger partial charge is 0.300 e. The van der Waals surface area contributed by atoms with Crippen molar-refractivity contribution in [1.29, 1.82) is 0 Å². The topological polar surface area (TPSA) is 90.3 Å². The van der Waals surface area contributed by atoms with E-state index in [1.54, 1.807) is 24.3 Å². The first-order chi connectivity index (χ1) is 17.8. The van der Waals surface area contributed by atoms with Crippen LogP contribution in [-0.4, -0.2) is 42.1 Å². The number of hydrogen-bond acceptors (Lipinski definition) is 6. The standard InChI is InChI=1S/C28H24Cl2N2O5/c1-37-27-21(29)14-17(15-22(27)30)25(34)23-24(16-5-4-6-20(33)13-16)32(28(36)26(23)35)19-9-7-18(8-10-19)31-11-2-3-12-31/h4-10,13-15,24,33-34H,2-3,11-12H2,1H3/b25-23+. The maximum absolute atomic E-state index is 13.4. The van der Waals surface area contributed by atoms with E-state index in [9.17, 15) is 19.8 Å². The zero-order valence-electron chi connectivity index (χ0n) is 19.9. The number of carbonyl (C=O) groups is 2. The summed E-state index contributed by atoms with van der Waals surface area (Å²) in [7, 11) is 1.41. The second kappa shape index (κ2) is 10.00. The van der Waals surface area contributed by atoms with Gasteiger partial charge < -0.3 is 19.8 Å². The number of rotatable bonds is 5. The van der Waals surface area contributed by atoms with E-state index in [0.29, 0.717) is 11.3 Å². The van der Waals surface area contributed by atoms with Crippen molar-refractivity contribution in [2.75, 3.05) is 30.0 Å². The van der Waals surface area contributed by atoms with Crippen LogP contribution in [-0.2, 0) is 9.59 Å². The number of phenols is 1. The average molecular weight is 539 g/mol. The molecule has 0 spiro atoms. The summed E-state index contributed by atoms with van der Waals surface area (Å²) in [6, 6.07) is 15.5. The zero-order chi connectivity index (χ0) is 26.3. The molecule has 2 aliphatic heterocycles. The summed E-state index contributed by atoms with van der Waals surface area (Å²) in [5, 5.41) is 21.8. The Kier molecular flexibility index (Phi) is 6.75. The number of phenolic OH excluding ortho intramolecular Hbond substituents is 1. The first-order valence-electron chi connectivity index (χ1n) is 11.8. The normalized spacial score (nSPS) is 19.1. The highest BCUT2D eigenvalue weighted by atomic mass is 35.5. The van der Waals surface area contributed by atoms with Gasteiger partial charge >= 0.3 is 0 Å². The first-order valence-corrected chi connectivity index (χ1v) is 12.5. The van der Waals surface area contributed by atoms with E-state index in [1.807, 2.05) is 12.1 Å². The van der Waals surface area contributed by atoms with Gasteiger partial charge in [0.25, 0.3) is 11.7 Å². The third-order valence-corrected chi connectivity index (χ3v) is 7.27. The molecule has 2 N–H and O–H groups in total. The molecule has 2 heterocycles. The highest BCUT2D eigenvalue weighted by molar-refractivity contribution is 6.51. The van der Waals surface area contributed by atoms with Gasteiger partial charge in [0, 0.05) is 30.0 Å². The Hall–Kier alpha value is -3.68. The summed E-state index contributed by atoms with van der Waals surface area (Å²) in [6.45, 7) is 1.94. The maximum atomic E-state index is 13.4. The molecule has 190 valence electrons. The quantitative estimate of drug-likeness (QED) is 0.237. The third-order valence-electron chi connectivity index (χ3n) is 6.71. The molecule has 0 radical (unpaired) electrons. The first kappa shape index (κ1) is 25.0. The fraction of sp³-hybridized carbons (Fsp3) is 0.214. The van der Waals surface area contributed by atoms with Crippen LogP contribution in [0, 0.1) is 0 Å². The van der Waals surface area contributed by atoms with Crippen molar-refractivity contribution < 1.29 is 24.5 Å². The van der Waals surface area contributed by atoms with Gasteiger partial charge in [0.15, 0.2) is 5.75 Å². The van der Waals surface area contributed by atoms with Crippen molar-refractivity contribution in [1.82, 2.24) is 0 Å². The Morgan fingerprint density at radius 1 is 0.946 bits per heavy atom. The lowest BCUT2D eigenvalue weighted by atomic mass is 9.95. The minimum Gasteiger partial charge on any atom is -0.508 e. The second-order valence-electron chi connectivity index (χ2n) is 8.95. The Morgan fingerprint density at radius 3 is 2.16 bits per heavy atom. The van der Waals surface area contributed by atoms with Crippen molar-refractivity contribution in [3.8, 4) is 11.5 Å². The molecule has 0 aromatic heterocycles. The van der Waals surface area contributed by atoms with Crippen LogP contribution >= 0.6 is 23.2 Å². The average Bonchev–Trinajstić information content (AvgIpc) is 3.51. The lowest BCUT2D eigenvalue weighted by molar-refractivity contribution is -0.132. The number of Topliss-reactive ketones (excluding diaryl/α,β-unsaturated/α-hetero) is 1. The van der Waals surface area contributed by atoms with Gasteiger partial charge in [-0.05, 0) is 66.9 Å². The second-order valence-corrected chi connectivity index (χ2v) is 9.76. The van der Waals surface area contributed by atoms with Gasteiger partial charge in [-0.25, -0.2) is 0 Å². The Balaban J connectivity index is 1.65. The summed E-state index contributed by atoms with van der Waals surface area (Å²) in [5.41, 5.74) is 1.99. The molecule has 2 fully saturated rings. The Morgan fingerprint density at radius 2 is 1.57 bits per heavy atom. The van der Waals surface area contributed by atoms with Gasteiger partial charge in [-0.15, -0.1) is 0 Å². The lowest BCUT2D eigenvalue weighted by Crippen LogP contribution is -2.29. The molecule has 1 unspecified atom stereocenters. The van der Waals surface area contributed by atoms with Gasteiger partial charge in [-0.2, -0.15) is 0 Å². The van der Waals surface area contributed by atoms with Crippen molar-refractivity contribution in [2.24, 2.45) is 0 Å². The minimum atomic E-state index is -0.996. The highest BCUT2D eigenvalue weighted by Crippen LogP contribution is 2.44. The summed E-state index contributed by atoms with van der Waals surface area (Å²) in [4.78, 5) is 30.4. The van der Waals surface area contributed by atoms with Crippen LogP contribution in [0.5, 0.6) is 11.5 Å². The maximum Gasteiger partial charge on any atom is 0.300 e. The number of nitrogens with zero attached hydrogens (tertiary/aromatic N) is 2. The Bertz CT molecular complexity index is 1390. The van der Waals surface area contributed by atoms with Gasteiger partial charge in [0.05, 0.1) is 28.8 Å². The van der Waals surface area contributed by atoms with E-state index in [0.717, 1.165) is 31.6 Å². The monoisotopic (exact) mass is 538 g/mol. The molecule has 5 rings (SSSR count). The summed E-state index contributed by atoms with van der Waals surface area (Å²) < 4.78 is 5.18. The molecular formula is C28H24Cl2N2O5. The van der Waals surface area contributed by atoms with Gasteiger partial charge in [-0.1, -0.05) is 35.3 Å². The largest absolute Gasteiger partial charge is 0.508 e. The predicted octanol–water partition coefficient (Wildman–Crippen LogP) is 5.93. The van der Waals surface area contributed by atoms with Crippen LogP contribution < -0.4 is 14.5 Å². The number of aliphatic hydroxyl groups excluding tert-OH is 1. The van der Waals surface area contributed by atoms with Crippen LogP contribution in [0.25, 0.3) is 5.76 Å².